The number of amides is 1. The number of carbonyl (C=O) groups is 1. The van der Waals surface area contributed by atoms with E-state index in [1.807, 2.05) is 31.6 Å². The standard InChI is InChI=1S/C14H20N4O2S.ClH/c1-15-8-9-18(2)13(19)7-3-6-12-16-14(17-20-12)11-5-4-10-21-11;/h4-5,10,15H,3,6-9H2,1-2H3;1H. The molecule has 0 aromatic carbocycles. The number of aromatic nitrogens is 2. The minimum absolute atomic E-state index is 0. The van der Waals surface area contributed by atoms with E-state index >= 15 is 0 Å². The van der Waals surface area contributed by atoms with E-state index in [2.05, 4.69) is 15.5 Å². The van der Waals surface area contributed by atoms with Gasteiger partial charge in [-0.3, -0.25) is 4.79 Å². The molecule has 1 amide bonds. The summed E-state index contributed by atoms with van der Waals surface area (Å²) < 4.78 is 5.21. The van der Waals surface area contributed by atoms with Crippen molar-refractivity contribution in [1.82, 2.24) is 20.4 Å². The zero-order valence-corrected chi connectivity index (χ0v) is 14.4. The topological polar surface area (TPSA) is 71.3 Å². The summed E-state index contributed by atoms with van der Waals surface area (Å²) in [6.07, 6.45) is 1.84. The van der Waals surface area contributed by atoms with Crippen molar-refractivity contribution in [1.29, 1.82) is 0 Å². The van der Waals surface area contributed by atoms with Crippen molar-refractivity contribution in [3.05, 3.63) is 23.4 Å². The zero-order valence-electron chi connectivity index (χ0n) is 12.7. The molecule has 0 unspecified atom stereocenters. The molecule has 2 aromatic heterocycles. The fourth-order valence-electron chi connectivity index (χ4n) is 1.85. The third-order valence-corrected chi connectivity index (χ3v) is 3.98. The summed E-state index contributed by atoms with van der Waals surface area (Å²) in [5.41, 5.74) is 0. The van der Waals surface area contributed by atoms with Crippen LogP contribution in [0.4, 0.5) is 0 Å². The fourth-order valence-corrected chi connectivity index (χ4v) is 2.50. The van der Waals surface area contributed by atoms with Crippen LogP contribution in [0.15, 0.2) is 22.0 Å². The van der Waals surface area contributed by atoms with Gasteiger partial charge < -0.3 is 14.7 Å². The van der Waals surface area contributed by atoms with Crippen LogP contribution in [0.5, 0.6) is 0 Å². The van der Waals surface area contributed by atoms with Gasteiger partial charge in [0.15, 0.2) is 0 Å². The summed E-state index contributed by atoms with van der Waals surface area (Å²) in [6.45, 7) is 1.52. The number of hydrogen-bond acceptors (Lipinski definition) is 6. The van der Waals surface area contributed by atoms with E-state index in [-0.39, 0.29) is 18.3 Å². The molecule has 0 aliphatic carbocycles. The summed E-state index contributed by atoms with van der Waals surface area (Å²) in [6, 6.07) is 3.91. The lowest BCUT2D eigenvalue weighted by atomic mass is 10.2. The van der Waals surface area contributed by atoms with Gasteiger partial charge in [0.2, 0.25) is 17.6 Å². The lowest BCUT2D eigenvalue weighted by Crippen LogP contribution is -2.32. The van der Waals surface area contributed by atoms with Crippen LogP contribution in [0.25, 0.3) is 10.7 Å². The largest absolute Gasteiger partial charge is 0.344 e. The predicted octanol–water partition coefficient (Wildman–Crippen LogP) is 2.22. The van der Waals surface area contributed by atoms with Crippen LogP contribution < -0.4 is 5.32 Å². The van der Waals surface area contributed by atoms with Crippen molar-refractivity contribution < 1.29 is 9.32 Å². The van der Waals surface area contributed by atoms with E-state index in [1.54, 1.807) is 16.2 Å². The van der Waals surface area contributed by atoms with Crippen molar-refractivity contribution in [2.24, 2.45) is 0 Å². The van der Waals surface area contributed by atoms with E-state index < -0.39 is 0 Å². The Morgan fingerprint density at radius 1 is 1.50 bits per heavy atom. The smallest absolute Gasteiger partial charge is 0.226 e. The molecule has 0 spiro atoms. The van der Waals surface area contributed by atoms with Gasteiger partial charge in [-0.15, -0.1) is 23.7 Å². The summed E-state index contributed by atoms with van der Waals surface area (Å²) >= 11 is 1.58. The van der Waals surface area contributed by atoms with Crippen molar-refractivity contribution in [3.8, 4) is 10.7 Å². The molecule has 6 nitrogen and oxygen atoms in total. The molecule has 0 bridgehead atoms. The van der Waals surface area contributed by atoms with Crippen molar-refractivity contribution >= 4 is 29.7 Å². The second-order valence-electron chi connectivity index (χ2n) is 4.76. The highest BCUT2D eigenvalue weighted by molar-refractivity contribution is 7.13. The highest BCUT2D eigenvalue weighted by Gasteiger charge is 2.11. The minimum atomic E-state index is 0. The first kappa shape index (κ1) is 18.6. The van der Waals surface area contributed by atoms with Gasteiger partial charge in [-0.2, -0.15) is 4.98 Å². The van der Waals surface area contributed by atoms with Crippen molar-refractivity contribution in [2.75, 3.05) is 27.2 Å². The SMILES string of the molecule is CNCCN(C)C(=O)CCCc1nc(-c2cccs2)no1.Cl. The number of halogens is 1. The van der Waals surface area contributed by atoms with Crippen LogP contribution in [0.2, 0.25) is 0 Å². The maximum absolute atomic E-state index is 11.9. The van der Waals surface area contributed by atoms with E-state index in [0.29, 0.717) is 24.6 Å². The Kier molecular flexibility index (Phi) is 8.08. The Balaban J connectivity index is 0.00000242. The van der Waals surface area contributed by atoms with Crippen LogP contribution in [-0.2, 0) is 11.2 Å². The number of aryl methyl sites for hydroxylation is 1. The summed E-state index contributed by atoms with van der Waals surface area (Å²) in [4.78, 5) is 18.9. The third-order valence-electron chi connectivity index (χ3n) is 3.11. The number of rotatable bonds is 8. The highest BCUT2D eigenvalue weighted by atomic mass is 35.5. The lowest BCUT2D eigenvalue weighted by molar-refractivity contribution is -0.129. The molecule has 0 fully saturated rings. The summed E-state index contributed by atoms with van der Waals surface area (Å²) in [5, 5.41) is 8.96. The van der Waals surface area contributed by atoms with Crippen LogP contribution in [0.3, 0.4) is 0 Å². The summed E-state index contributed by atoms with van der Waals surface area (Å²) in [7, 11) is 3.69. The molecule has 22 heavy (non-hydrogen) atoms. The van der Waals surface area contributed by atoms with Gasteiger partial charge in [-0.25, -0.2) is 0 Å². The van der Waals surface area contributed by atoms with Gasteiger partial charge >= 0.3 is 0 Å². The Hall–Kier alpha value is -1.44. The third kappa shape index (κ3) is 5.40. The Bertz CT molecular complexity index is 559. The highest BCUT2D eigenvalue weighted by Crippen LogP contribution is 2.21. The number of hydrogen-bond donors (Lipinski definition) is 1. The Morgan fingerprint density at radius 3 is 3.00 bits per heavy atom. The molecule has 8 heteroatoms. The van der Waals surface area contributed by atoms with Gasteiger partial charge in [-0.05, 0) is 24.9 Å². The number of carbonyl (C=O) groups excluding carboxylic acids is 1. The second kappa shape index (κ2) is 9.55. The molecule has 2 rings (SSSR count). The molecule has 0 aliphatic heterocycles. The van der Waals surface area contributed by atoms with Gasteiger partial charge in [-0.1, -0.05) is 11.2 Å². The van der Waals surface area contributed by atoms with Crippen molar-refractivity contribution in [3.63, 3.8) is 0 Å². The molecule has 2 heterocycles. The number of nitrogens with zero attached hydrogens (tertiary/aromatic N) is 3. The minimum Gasteiger partial charge on any atom is -0.344 e. The predicted molar refractivity (Wildman–Crippen MR) is 89.4 cm³/mol. The number of likely N-dealkylation sites (N-methyl/N-ethyl adjacent to an activating group) is 2. The van der Waals surface area contributed by atoms with Gasteiger partial charge in [0.05, 0.1) is 4.88 Å². The van der Waals surface area contributed by atoms with E-state index in [4.69, 9.17) is 4.52 Å². The first-order valence-corrected chi connectivity index (χ1v) is 7.83. The van der Waals surface area contributed by atoms with E-state index in [0.717, 1.165) is 24.4 Å². The van der Waals surface area contributed by atoms with Crippen LogP contribution in [-0.4, -0.2) is 48.1 Å². The Morgan fingerprint density at radius 2 is 2.32 bits per heavy atom. The zero-order chi connectivity index (χ0) is 15.1. The van der Waals surface area contributed by atoms with Crippen molar-refractivity contribution in [2.45, 2.75) is 19.3 Å². The van der Waals surface area contributed by atoms with Crippen LogP contribution in [0.1, 0.15) is 18.7 Å². The Labute approximate surface area is 140 Å². The van der Waals surface area contributed by atoms with E-state index in [1.165, 1.54) is 0 Å². The molecule has 2 aromatic rings. The molecule has 0 aliphatic rings. The molecule has 122 valence electrons. The fraction of sp³-hybridized carbons (Fsp3) is 0.500. The first-order chi connectivity index (χ1) is 10.2. The second-order valence-corrected chi connectivity index (χ2v) is 5.71. The average Bonchev–Trinajstić information content (AvgIpc) is 3.15. The maximum Gasteiger partial charge on any atom is 0.226 e. The number of thiophene rings is 1. The number of nitrogens with one attached hydrogen (secondary N) is 1. The van der Waals surface area contributed by atoms with Gasteiger partial charge in [0.1, 0.15) is 0 Å². The maximum atomic E-state index is 11.9. The monoisotopic (exact) mass is 344 g/mol. The van der Waals surface area contributed by atoms with Crippen LogP contribution >= 0.6 is 23.7 Å². The first-order valence-electron chi connectivity index (χ1n) is 6.95. The van der Waals surface area contributed by atoms with Crippen LogP contribution in [0, 0.1) is 0 Å². The van der Waals surface area contributed by atoms with E-state index in [9.17, 15) is 4.79 Å². The molecular formula is C14H21ClN4O2S. The van der Waals surface area contributed by atoms with Gasteiger partial charge in [0, 0.05) is 33.0 Å². The normalized spacial score (nSPS) is 10.3. The van der Waals surface area contributed by atoms with Gasteiger partial charge in [0.25, 0.3) is 0 Å². The average molecular weight is 345 g/mol. The molecule has 1 N–H and O–H groups in total. The lowest BCUT2D eigenvalue weighted by Gasteiger charge is -2.16. The summed E-state index contributed by atoms with van der Waals surface area (Å²) in [5.74, 6) is 1.35. The molecule has 0 atom stereocenters. The molecular weight excluding hydrogens is 324 g/mol. The quantitative estimate of drug-likeness (QED) is 0.795. The molecule has 0 saturated carbocycles. The molecule has 0 radical (unpaired) electrons. The molecule has 0 saturated heterocycles.